The number of carbonyl (C=O) groups excluding carboxylic acids is 1. The van der Waals surface area contributed by atoms with Crippen molar-refractivity contribution in [1.82, 2.24) is 14.9 Å². The molecule has 0 fully saturated rings. The normalized spacial score (nSPS) is 10.9. The van der Waals surface area contributed by atoms with E-state index in [-0.39, 0.29) is 5.91 Å². The van der Waals surface area contributed by atoms with Crippen LogP contribution in [0.5, 0.6) is 0 Å². The van der Waals surface area contributed by atoms with Gasteiger partial charge in [0, 0.05) is 37.0 Å². The molecule has 4 aromatic rings. The molecule has 0 aliphatic heterocycles. The predicted octanol–water partition coefficient (Wildman–Crippen LogP) is 4.78. The first kappa shape index (κ1) is 21.8. The molecule has 1 amide bonds. The number of carbonyl (C=O) groups is 1. The van der Waals surface area contributed by atoms with Gasteiger partial charge in [-0.15, -0.1) is 0 Å². The van der Waals surface area contributed by atoms with Crippen molar-refractivity contribution in [3.63, 3.8) is 0 Å². The van der Waals surface area contributed by atoms with Crippen LogP contribution in [0.2, 0.25) is 5.02 Å². The van der Waals surface area contributed by atoms with E-state index in [0.29, 0.717) is 53.9 Å². The summed E-state index contributed by atoms with van der Waals surface area (Å²) in [4.78, 5) is 23.7. The lowest BCUT2D eigenvalue weighted by atomic mass is 10.1. The van der Waals surface area contributed by atoms with Gasteiger partial charge in [-0.25, -0.2) is 0 Å². The Morgan fingerprint density at radius 2 is 2.06 bits per heavy atom. The minimum atomic E-state index is -0.119. The molecule has 8 heteroatoms. The fourth-order valence-electron chi connectivity index (χ4n) is 3.28. The number of anilines is 1. The number of rotatable bonds is 9. The van der Waals surface area contributed by atoms with Crippen molar-refractivity contribution in [3.8, 4) is 0 Å². The van der Waals surface area contributed by atoms with Crippen molar-refractivity contribution in [2.24, 2.45) is 0 Å². The lowest BCUT2D eigenvalue weighted by Gasteiger charge is -2.22. The molecule has 0 atom stereocenters. The molecule has 2 aromatic heterocycles. The average molecular weight is 451 g/mol. The number of pyridine rings is 1. The van der Waals surface area contributed by atoms with Gasteiger partial charge in [0.1, 0.15) is 5.52 Å². The maximum absolute atomic E-state index is 13.2. The number of ether oxygens (including phenoxy) is 1. The average Bonchev–Trinajstić information content (AvgIpc) is 3.23. The zero-order valence-electron chi connectivity index (χ0n) is 17.6. The summed E-state index contributed by atoms with van der Waals surface area (Å²) in [6, 6.07) is 18.8. The number of fused-ring (bicyclic) bond motifs is 1. The summed E-state index contributed by atoms with van der Waals surface area (Å²) in [7, 11) is 1.61. The zero-order chi connectivity index (χ0) is 22.3. The van der Waals surface area contributed by atoms with Gasteiger partial charge in [-0.3, -0.25) is 9.78 Å². The highest BCUT2D eigenvalue weighted by Crippen LogP contribution is 2.22. The Morgan fingerprint density at radius 3 is 2.84 bits per heavy atom. The standard InChI is InChI=1S/C24H23ClN4O3/c1-31-12-11-29(16-20-7-2-3-10-26-20)23(30)18-8-9-22-21(14-18)28-24(32-22)27-15-17-5-4-6-19(25)13-17/h2-10,13-14H,11-12,15-16H2,1H3,(H,27,28). The lowest BCUT2D eigenvalue weighted by molar-refractivity contribution is 0.0678. The van der Waals surface area contributed by atoms with E-state index in [1.807, 2.05) is 42.5 Å². The molecular formula is C24H23ClN4O3. The van der Waals surface area contributed by atoms with Crippen LogP contribution in [-0.2, 0) is 17.8 Å². The van der Waals surface area contributed by atoms with E-state index in [9.17, 15) is 4.79 Å². The molecule has 164 valence electrons. The quantitative estimate of drug-likeness (QED) is 0.395. The van der Waals surface area contributed by atoms with Crippen LogP contribution >= 0.6 is 11.6 Å². The van der Waals surface area contributed by atoms with Crippen molar-refractivity contribution in [2.75, 3.05) is 25.6 Å². The Kier molecular flexibility index (Phi) is 6.99. The van der Waals surface area contributed by atoms with Crippen LogP contribution in [0, 0.1) is 0 Å². The van der Waals surface area contributed by atoms with E-state index in [0.717, 1.165) is 11.3 Å². The fourth-order valence-corrected chi connectivity index (χ4v) is 3.50. The third-order valence-corrected chi connectivity index (χ3v) is 5.13. The topological polar surface area (TPSA) is 80.5 Å². The summed E-state index contributed by atoms with van der Waals surface area (Å²) in [5.74, 6) is -0.119. The number of benzene rings is 2. The first-order valence-electron chi connectivity index (χ1n) is 10.2. The molecule has 32 heavy (non-hydrogen) atoms. The Balaban J connectivity index is 1.50. The molecule has 2 aromatic carbocycles. The Bertz CT molecular complexity index is 1200. The number of halogens is 1. The largest absolute Gasteiger partial charge is 0.424 e. The van der Waals surface area contributed by atoms with Crippen LogP contribution in [0.25, 0.3) is 11.1 Å². The van der Waals surface area contributed by atoms with Gasteiger partial charge in [-0.2, -0.15) is 4.98 Å². The van der Waals surface area contributed by atoms with Crippen molar-refractivity contribution >= 4 is 34.6 Å². The highest BCUT2D eigenvalue weighted by atomic mass is 35.5. The minimum absolute atomic E-state index is 0.119. The summed E-state index contributed by atoms with van der Waals surface area (Å²) >= 11 is 6.03. The Morgan fingerprint density at radius 1 is 1.16 bits per heavy atom. The predicted molar refractivity (Wildman–Crippen MR) is 124 cm³/mol. The van der Waals surface area contributed by atoms with Crippen LogP contribution in [0.1, 0.15) is 21.6 Å². The fraction of sp³-hybridized carbons (Fsp3) is 0.208. The maximum Gasteiger partial charge on any atom is 0.295 e. The van der Waals surface area contributed by atoms with Crippen LogP contribution in [-0.4, -0.2) is 41.0 Å². The summed E-state index contributed by atoms with van der Waals surface area (Å²) in [5.41, 5.74) is 3.56. The molecule has 0 spiro atoms. The molecule has 0 unspecified atom stereocenters. The first-order valence-corrected chi connectivity index (χ1v) is 10.6. The van der Waals surface area contributed by atoms with Gasteiger partial charge in [0.05, 0.1) is 18.8 Å². The van der Waals surface area contributed by atoms with Crippen LogP contribution < -0.4 is 5.32 Å². The lowest BCUT2D eigenvalue weighted by Crippen LogP contribution is -2.33. The number of hydrogen-bond acceptors (Lipinski definition) is 6. The Labute approximate surface area is 191 Å². The molecule has 4 rings (SSSR count). The second-order valence-electron chi connectivity index (χ2n) is 7.23. The summed E-state index contributed by atoms with van der Waals surface area (Å²) in [5, 5.41) is 3.83. The Hall–Kier alpha value is -3.42. The number of hydrogen-bond donors (Lipinski definition) is 1. The van der Waals surface area contributed by atoms with E-state index in [1.165, 1.54) is 0 Å². The monoisotopic (exact) mass is 450 g/mol. The molecule has 7 nitrogen and oxygen atoms in total. The number of aromatic nitrogens is 2. The summed E-state index contributed by atoms with van der Waals surface area (Å²) in [6.45, 7) is 1.80. The molecule has 0 bridgehead atoms. The molecule has 0 aliphatic carbocycles. The van der Waals surface area contributed by atoms with Gasteiger partial charge in [0.2, 0.25) is 0 Å². The minimum Gasteiger partial charge on any atom is -0.424 e. The third-order valence-electron chi connectivity index (χ3n) is 4.90. The van der Waals surface area contributed by atoms with Crippen molar-refractivity contribution in [1.29, 1.82) is 0 Å². The highest BCUT2D eigenvalue weighted by Gasteiger charge is 2.18. The van der Waals surface area contributed by atoms with Crippen LogP contribution in [0.15, 0.2) is 71.3 Å². The van der Waals surface area contributed by atoms with E-state index in [4.69, 9.17) is 20.8 Å². The molecular weight excluding hydrogens is 428 g/mol. The van der Waals surface area contributed by atoms with Crippen molar-refractivity contribution < 1.29 is 13.9 Å². The van der Waals surface area contributed by atoms with Crippen molar-refractivity contribution in [2.45, 2.75) is 13.1 Å². The van der Waals surface area contributed by atoms with E-state index in [2.05, 4.69) is 15.3 Å². The molecule has 0 aliphatic rings. The molecule has 0 saturated heterocycles. The van der Waals surface area contributed by atoms with Crippen LogP contribution in [0.4, 0.5) is 6.01 Å². The number of amides is 1. The van der Waals surface area contributed by atoms with Crippen LogP contribution in [0.3, 0.4) is 0 Å². The van der Waals surface area contributed by atoms with Gasteiger partial charge in [-0.1, -0.05) is 29.8 Å². The first-order chi connectivity index (χ1) is 15.6. The highest BCUT2D eigenvalue weighted by molar-refractivity contribution is 6.30. The number of oxazole rings is 1. The second kappa shape index (κ2) is 10.3. The molecule has 2 heterocycles. The smallest absolute Gasteiger partial charge is 0.295 e. The number of nitrogens with one attached hydrogen (secondary N) is 1. The van der Waals surface area contributed by atoms with E-state index in [1.54, 1.807) is 36.4 Å². The third kappa shape index (κ3) is 5.43. The van der Waals surface area contributed by atoms with Gasteiger partial charge in [0.15, 0.2) is 5.58 Å². The van der Waals surface area contributed by atoms with Gasteiger partial charge in [0.25, 0.3) is 11.9 Å². The van der Waals surface area contributed by atoms with Gasteiger partial charge in [-0.05, 0) is 48.0 Å². The van der Waals surface area contributed by atoms with Gasteiger partial charge >= 0.3 is 0 Å². The van der Waals surface area contributed by atoms with E-state index >= 15 is 0 Å². The molecule has 0 saturated carbocycles. The molecule has 1 N–H and O–H groups in total. The SMILES string of the molecule is COCCN(Cc1ccccn1)C(=O)c1ccc2oc(NCc3cccc(Cl)c3)nc2c1. The summed E-state index contributed by atoms with van der Waals surface area (Å²) in [6.07, 6.45) is 1.72. The van der Waals surface area contributed by atoms with Crippen molar-refractivity contribution in [3.05, 3.63) is 88.7 Å². The van der Waals surface area contributed by atoms with E-state index < -0.39 is 0 Å². The van der Waals surface area contributed by atoms with Gasteiger partial charge < -0.3 is 19.4 Å². The number of methoxy groups -OCH3 is 1. The number of nitrogens with zero attached hydrogens (tertiary/aromatic N) is 3. The molecule has 0 radical (unpaired) electrons. The summed E-state index contributed by atoms with van der Waals surface area (Å²) < 4.78 is 10.9. The second-order valence-corrected chi connectivity index (χ2v) is 7.66. The zero-order valence-corrected chi connectivity index (χ0v) is 18.4. The maximum atomic E-state index is 13.2.